The normalized spacial score (nSPS) is 26.2. The van der Waals surface area contributed by atoms with Crippen LogP contribution in [0.1, 0.15) is 19.4 Å². The SMILES string of the molecule is CC1=CC(=O)C2(C)c3ccccc3NC(=O)N12. The van der Waals surface area contributed by atoms with Gasteiger partial charge in [0.2, 0.25) is 0 Å². The summed E-state index contributed by atoms with van der Waals surface area (Å²) in [5, 5.41) is 2.80. The van der Waals surface area contributed by atoms with Crippen LogP contribution in [-0.2, 0) is 10.3 Å². The number of hydrogen-bond donors (Lipinski definition) is 1. The smallest absolute Gasteiger partial charge is 0.307 e. The van der Waals surface area contributed by atoms with Gasteiger partial charge in [0.1, 0.15) is 5.54 Å². The van der Waals surface area contributed by atoms with E-state index in [-0.39, 0.29) is 11.8 Å². The molecule has 1 aromatic rings. The first kappa shape index (κ1) is 10.1. The van der Waals surface area contributed by atoms with E-state index >= 15 is 0 Å². The van der Waals surface area contributed by atoms with Crippen molar-refractivity contribution in [2.75, 3.05) is 5.32 Å². The van der Waals surface area contributed by atoms with Gasteiger partial charge in [0.05, 0.1) is 0 Å². The second-order valence-corrected chi connectivity index (χ2v) is 4.53. The number of para-hydroxylation sites is 1. The van der Waals surface area contributed by atoms with Crippen LogP contribution in [0.2, 0.25) is 0 Å². The summed E-state index contributed by atoms with van der Waals surface area (Å²) in [6, 6.07) is 7.17. The zero-order chi connectivity index (χ0) is 12.2. The summed E-state index contributed by atoms with van der Waals surface area (Å²) in [7, 11) is 0. The minimum atomic E-state index is -0.886. The van der Waals surface area contributed by atoms with Gasteiger partial charge in [0.15, 0.2) is 5.78 Å². The van der Waals surface area contributed by atoms with Gasteiger partial charge in [-0.3, -0.25) is 9.69 Å². The summed E-state index contributed by atoms with van der Waals surface area (Å²) in [4.78, 5) is 25.7. The highest BCUT2D eigenvalue weighted by Crippen LogP contribution is 2.44. The Kier molecular flexibility index (Phi) is 1.76. The van der Waals surface area contributed by atoms with Crippen LogP contribution in [0.4, 0.5) is 10.5 Å². The van der Waals surface area contributed by atoms with Crippen molar-refractivity contribution >= 4 is 17.5 Å². The van der Waals surface area contributed by atoms with Gasteiger partial charge in [0.25, 0.3) is 0 Å². The molecule has 2 amide bonds. The number of urea groups is 1. The van der Waals surface area contributed by atoms with E-state index in [0.29, 0.717) is 11.4 Å². The van der Waals surface area contributed by atoms with Crippen molar-refractivity contribution < 1.29 is 9.59 Å². The van der Waals surface area contributed by atoms with Crippen molar-refractivity contribution in [3.8, 4) is 0 Å². The summed E-state index contributed by atoms with van der Waals surface area (Å²) in [6.45, 7) is 3.57. The van der Waals surface area contributed by atoms with Gasteiger partial charge in [-0.2, -0.15) is 0 Å². The molecule has 1 atom stereocenters. The molecule has 0 saturated carbocycles. The Morgan fingerprint density at radius 3 is 2.71 bits per heavy atom. The fourth-order valence-corrected chi connectivity index (χ4v) is 2.66. The van der Waals surface area contributed by atoms with Gasteiger partial charge in [-0.05, 0) is 19.9 Å². The molecule has 0 aromatic heterocycles. The lowest BCUT2D eigenvalue weighted by Gasteiger charge is -2.40. The Labute approximate surface area is 98.9 Å². The first-order valence-electron chi connectivity index (χ1n) is 5.48. The largest absolute Gasteiger partial charge is 0.327 e. The number of anilines is 1. The van der Waals surface area contributed by atoms with Gasteiger partial charge in [0, 0.05) is 23.0 Å². The molecule has 1 unspecified atom stereocenters. The van der Waals surface area contributed by atoms with Crippen LogP contribution < -0.4 is 5.32 Å². The molecule has 2 heterocycles. The van der Waals surface area contributed by atoms with Crippen molar-refractivity contribution in [3.63, 3.8) is 0 Å². The third-order valence-electron chi connectivity index (χ3n) is 3.52. The summed E-state index contributed by atoms with van der Waals surface area (Å²) in [5.41, 5.74) is 1.36. The van der Waals surface area contributed by atoms with E-state index in [1.165, 1.54) is 11.0 Å². The topological polar surface area (TPSA) is 49.4 Å². The molecule has 0 fully saturated rings. The Bertz CT molecular complexity index is 577. The second kappa shape index (κ2) is 2.97. The van der Waals surface area contributed by atoms with E-state index in [1.807, 2.05) is 24.3 Å². The molecular weight excluding hydrogens is 216 g/mol. The number of fused-ring (bicyclic) bond motifs is 3. The maximum atomic E-state index is 12.2. The minimum absolute atomic E-state index is 0.0442. The van der Waals surface area contributed by atoms with Crippen LogP contribution >= 0.6 is 0 Å². The maximum absolute atomic E-state index is 12.2. The Morgan fingerprint density at radius 1 is 1.24 bits per heavy atom. The molecule has 0 spiro atoms. The van der Waals surface area contributed by atoms with E-state index in [2.05, 4.69) is 5.32 Å². The third-order valence-corrected chi connectivity index (χ3v) is 3.52. The lowest BCUT2D eigenvalue weighted by molar-refractivity contribution is -0.121. The maximum Gasteiger partial charge on any atom is 0.327 e. The number of benzene rings is 1. The van der Waals surface area contributed by atoms with E-state index in [0.717, 1.165) is 5.56 Å². The highest BCUT2D eigenvalue weighted by atomic mass is 16.2. The van der Waals surface area contributed by atoms with Gasteiger partial charge >= 0.3 is 6.03 Å². The Balaban J connectivity index is 2.29. The van der Waals surface area contributed by atoms with Crippen LogP contribution in [0.25, 0.3) is 0 Å². The first-order valence-corrected chi connectivity index (χ1v) is 5.48. The molecule has 0 radical (unpaired) electrons. The molecule has 0 saturated heterocycles. The zero-order valence-electron chi connectivity index (χ0n) is 9.65. The fraction of sp³-hybridized carbons (Fsp3) is 0.231. The first-order chi connectivity index (χ1) is 8.05. The number of nitrogens with one attached hydrogen (secondary N) is 1. The molecule has 2 aliphatic rings. The van der Waals surface area contributed by atoms with Gasteiger partial charge in [-0.25, -0.2) is 4.79 Å². The number of nitrogens with zero attached hydrogens (tertiary/aromatic N) is 1. The number of carbonyl (C=O) groups is 2. The molecule has 1 N–H and O–H groups in total. The number of ketones is 1. The third kappa shape index (κ3) is 1.07. The van der Waals surface area contributed by atoms with Gasteiger partial charge < -0.3 is 5.32 Å². The number of allylic oxidation sites excluding steroid dienone is 1. The summed E-state index contributed by atoms with van der Waals surface area (Å²) < 4.78 is 0. The van der Waals surface area contributed by atoms with Crippen LogP contribution in [0.15, 0.2) is 36.0 Å². The molecule has 0 bridgehead atoms. The molecule has 2 aliphatic heterocycles. The second-order valence-electron chi connectivity index (χ2n) is 4.53. The Hall–Kier alpha value is -2.10. The molecule has 4 heteroatoms. The predicted octanol–water partition coefficient (Wildman–Crippen LogP) is 2.24. The van der Waals surface area contributed by atoms with Gasteiger partial charge in [-0.1, -0.05) is 18.2 Å². The van der Waals surface area contributed by atoms with Crippen molar-refractivity contribution in [2.45, 2.75) is 19.4 Å². The fourth-order valence-electron chi connectivity index (χ4n) is 2.66. The van der Waals surface area contributed by atoms with Crippen molar-refractivity contribution in [1.82, 2.24) is 4.90 Å². The molecule has 86 valence electrons. The molecule has 0 aliphatic carbocycles. The quantitative estimate of drug-likeness (QED) is 0.740. The summed E-state index contributed by atoms with van der Waals surface area (Å²) in [5.74, 6) is -0.0442. The molecule has 3 rings (SSSR count). The highest BCUT2D eigenvalue weighted by Gasteiger charge is 2.51. The molecular formula is C13H12N2O2. The number of rotatable bonds is 0. The average Bonchev–Trinajstić information content (AvgIpc) is 2.51. The number of carbonyl (C=O) groups excluding carboxylic acids is 2. The van der Waals surface area contributed by atoms with Crippen molar-refractivity contribution in [1.29, 1.82) is 0 Å². The summed E-state index contributed by atoms with van der Waals surface area (Å²) >= 11 is 0. The number of hydrogen-bond acceptors (Lipinski definition) is 2. The summed E-state index contributed by atoms with van der Waals surface area (Å²) in [6.07, 6.45) is 1.53. The average molecular weight is 228 g/mol. The van der Waals surface area contributed by atoms with Gasteiger partial charge in [-0.15, -0.1) is 0 Å². The van der Waals surface area contributed by atoms with Crippen LogP contribution in [0.3, 0.4) is 0 Å². The Morgan fingerprint density at radius 2 is 1.94 bits per heavy atom. The lowest BCUT2D eigenvalue weighted by atomic mass is 9.85. The van der Waals surface area contributed by atoms with Crippen molar-refractivity contribution in [3.05, 3.63) is 41.6 Å². The number of amides is 2. The minimum Gasteiger partial charge on any atom is -0.307 e. The van der Waals surface area contributed by atoms with Crippen LogP contribution in [-0.4, -0.2) is 16.7 Å². The molecule has 4 nitrogen and oxygen atoms in total. The zero-order valence-corrected chi connectivity index (χ0v) is 9.65. The van der Waals surface area contributed by atoms with E-state index in [4.69, 9.17) is 0 Å². The van der Waals surface area contributed by atoms with Crippen molar-refractivity contribution in [2.24, 2.45) is 0 Å². The van der Waals surface area contributed by atoms with Crippen LogP contribution in [0, 0.1) is 0 Å². The van der Waals surface area contributed by atoms with Crippen LogP contribution in [0.5, 0.6) is 0 Å². The van der Waals surface area contributed by atoms with E-state index < -0.39 is 5.54 Å². The lowest BCUT2D eigenvalue weighted by Crippen LogP contribution is -2.52. The van der Waals surface area contributed by atoms with E-state index in [1.54, 1.807) is 13.8 Å². The standard InChI is InChI=1S/C13H12N2O2/c1-8-7-11(16)13(2)9-5-3-4-6-10(9)14-12(17)15(8)13/h3-7H,1-2H3,(H,14,17). The predicted molar refractivity (Wildman–Crippen MR) is 63.4 cm³/mol. The molecule has 17 heavy (non-hydrogen) atoms. The molecule has 1 aromatic carbocycles. The van der Waals surface area contributed by atoms with E-state index in [9.17, 15) is 9.59 Å². The monoisotopic (exact) mass is 228 g/mol. The highest BCUT2D eigenvalue weighted by molar-refractivity contribution is 6.10.